The fourth-order valence-electron chi connectivity index (χ4n) is 2.05. The van der Waals surface area contributed by atoms with Crippen LogP contribution in [0.3, 0.4) is 0 Å². The summed E-state index contributed by atoms with van der Waals surface area (Å²) in [6.45, 7) is 3.80. The van der Waals surface area contributed by atoms with Crippen molar-refractivity contribution >= 4 is 34.6 Å². The SMILES string of the molecule is Cc1cc(Nc2ccc(Nc3cc(C)nc(Cl)n3)cc2)ncn1. The number of rotatable bonds is 4. The quantitative estimate of drug-likeness (QED) is 0.705. The Bertz CT molecular complexity index is 799. The number of hydrogen-bond acceptors (Lipinski definition) is 6. The molecule has 0 radical (unpaired) electrons. The van der Waals surface area contributed by atoms with Gasteiger partial charge in [-0.1, -0.05) is 0 Å². The van der Waals surface area contributed by atoms with Gasteiger partial charge in [-0.25, -0.2) is 19.9 Å². The van der Waals surface area contributed by atoms with Crippen LogP contribution in [0.2, 0.25) is 5.28 Å². The third-order valence-corrected chi connectivity index (χ3v) is 3.23. The number of aromatic nitrogens is 4. The van der Waals surface area contributed by atoms with E-state index >= 15 is 0 Å². The molecule has 0 aliphatic heterocycles. The minimum absolute atomic E-state index is 0.227. The van der Waals surface area contributed by atoms with E-state index in [2.05, 4.69) is 30.6 Å². The summed E-state index contributed by atoms with van der Waals surface area (Å²) in [4.78, 5) is 16.4. The van der Waals surface area contributed by atoms with E-state index in [1.54, 1.807) is 0 Å². The summed E-state index contributed by atoms with van der Waals surface area (Å²) in [6, 6.07) is 11.5. The van der Waals surface area contributed by atoms with Gasteiger partial charge in [0.05, 0.1) is 0 Å². The second-order valence-corrected chi connectivity index (χ2v) is 5.37. The molecule has 1 aromatic carbocycles. The molecular formula is C16H15ClN6. The first-order valence-electron chi connectivity index (χ1n) is 7.02. The molecule has 6 nitrogen and oxygen atoms in total. The molecule has 0 unspecified atom stereocenters. The van der Waals surface area contributed by atoms with E-state index in [0.717, 1.165) is 28.6 Å². The average molecular weight is 327 g/mol. The first kappa shape index (κ1) is 15.2. The van der Waals surface area contributed by atoms with Crippen LogP contribution in [-0.4, -0.2) is 19.9 Å². The van der Waals surface area contributed by atoms with Gasteiger partial charge in [-0.05, 0) is 49.7 Å². The summed E-state index contributed by atoms with van der Waals surface area (Å²) >= 11 is 5.86. The van der Waals surface area contributed by atoms with Crippen LogP contribution in [0.1, 0.15) is 11.4 Å². The van der Waals surface area contributed by atoms with Crippen LogP contribution in [0, 0.1) is 13.8 Å². The Morgan fingerprint density at radius 1 is 0.783 bits per heavy atom. The van der Waals surface area contributed by atoms with E-state index in [4.69, 9.17) is 11.6 Å². The fourth-order valence-corrected chi connectivity index (χ4v) is 2.28. The molecule has 0 aliphatic rings. The number of anilines is 4. The van der Waals surface area contributed by atoms with Gasteiger partial charge in [0.1, 0.15) is 18.0 Å². The molecule has 0 saturated carbocycles. The smallest absolute Gasteiger partial charge is 0.224 e. The van der Waals surface area contributed by atoms with Crippen molar-refractivity contribution in [2.24, 2.45) is 0 Å². The minimum Gasteiger partial charge on any atom is -0.340 e. The third-order valence-electron chi connectivity index (χ3n) is 3.06. The number of hydrogen-bond donors (Lipinski definition) is 2. The van der Waals surface area contributed by atoms with Gasteiger partial charge in [0.2, 0.25) is 5.28 Å². The van der Waals surface area contributed by atoms with Crippen molar-refractivity contribution in [2.45, 2.75) is 13.8 Å². The lowest BCUT2D eigenvalue weighted by Crippen LogP contribution is -1.98. The van der Waals surface area contributed by atoms with Crippen molar-refractivity contribution < 1.29 is 0 Å². The average Bonchev–Trinajstić information content (AvgIpc) is 2.48. The summed E-state index contributed by atoms with van der Waals surface area (Å²) < 4.78 is 0. The Labute approximate surface area is 139 Å². The molecule has 0 atom stereocenters. The van der Waals surface area contributed by atoms with Gasteiger partial charge in [-0.15, -0.1) is 0 Å². The highest BCUT2D eigenvalue weighted by Crippen LogP contribution is 2.21. The number of benzene rings is 1. The lowest BCUT2D eigenvalue weighted by molar-refractivity contribution is 1.10. The molecule has 2 aromatic heterocycles. The molecule has 2 heterocycles. The summed E-state index contributed by atoms with van der Waals surface area (Å²) in [6.07, 6.45) is 1.54. The Morgan fingerprint density at radius 2 is 1.39 bits per heavy atom. The molecule has 0 bridgehead atoms. The molecular weight excluding hydrogens is 312 g/mol. The standard InChI is InChI=1S/C16H15ClN6/c1-10-7-14(19-9-18-10)21-12-3-5-13(6-4-12)22-15-8-11(2)20-16(17)23-15/h3-9H,1-2H3,(H,18,19,21)(H,20,22,23). The lowest BCUT2D eigenvalue weighted by Gasteiger charge is -2.09. The third kappa shape index (κ3) is 4.14. The highest BCUT2D eigenvalue weighted by molar-refractivity contribution is 6.28. The monoisotopic (exact) mass is 326 g/mol. The second kappa shape index (κ2) is 6.58. The van der Waals surface area contributed by atoms with E-state index in [1.165, 1.54) is 6.33 Å². The first-order chi connectivity index (χ1) is 11.1. The van der Waals surface area contributed by atoms with Gasteiger partial charge in [-0.3, -0.25) is 0 Å². The van der Waals surface area contributed by atoms with Crippen LogP contribution in [0.4, 0.5) is 23.0 Å². The van der Waals surface area contributed by atoms with Crippen molar-refractivity contribution in [3.05, 3.63) is 59.4 Å². The van der Waals surface area contributed by atoms with Gasteiger partial charge < -0.3 is 10.6 Å². The van der Waals surface area contributed by atoms with Gasteiger partial charge in [0.25, 0.3) is 0 Å². The molecule has 0 fully saturated rings. The van der Waals surface area contributed by atoms with Crippen LogP contribution in [0.25, 0.3) is 0 Å². The Morgan fingerprint density at radius 3 is 2.00 bits per heavy atom. The predicted molar refractivity (Wildman–Crippen MR) is 91.6 cm³/mol. The van der Waals surface area contributed by atoms with Crippen molar-refractivity contribution in [1.82, 2.24) is 19.9 Å². The number of halogens is 1. The summed E-state index contributed by atoms with van der Waals surface area (Å²) in [5.74, 6) is 1.42. The van der Waals surface area contributed by atoms with Crippen LogP contribution in [0.5, 0.6) is 0 Å². The molecule has 3 aromatic rings. The number of aryl methyl sites for hydroxylation is 2. The molecule has 0 amide bonds. The van der Waals surface area contributed by atoms with Crippen molar-refractivity contribution in [2.75, 3.05) is 10.6 Å². The van der Waals surface area contributed by atoms with Crippen LogP contribution in [0.15, 0.2) is 42.7 Å². The maximum atomic E-state index is 5.86. The molecule has 23 heavy (non-hydrogen) atoms. The number of nitrogens with zero attached hydrogens (tertiary/aromatic N) is 4. The Kier molecular flexibility index (Phi) is 4.34. The second-order valence-electron chi connectivity index (χ2n) is 5.04. The molecule has 0 spiro atoms. The van der Waals surface area contributed by atoms with E-state index in [9.17, 15) is 0 Å². The van der Waals surface area contributed by atoms with Gasteiger partial charge in [0, 0.05) is 34.9 Å². The normalized spacial score (nSPS) is 10.4. The van der Waals surface area contributed by atoms with Crippen molar-refractivity contribution in [3.8, 4) is 0 Å². The van der Waals surface area contributed by atoms with Crippen LogP contribution < -0.4 is 10.6 Å². The zero-order valence-electron chi connectivity index (χ0n) is 12.7. The fraction of sp³-hybridized carbons (Fsp3) is 0.125. The Balaban J connectivity index is 1.71. The highest BCUT2D eigenvalue weighted by Gasteiger charge is 2.02. The molecule has 7 heteroatoms. The van der Waals surface area contributed by atoms with Gasteiger partial charge >= 0.3 is 0 Å². The van der Waals surface area contributed by atoms with E-state index in [-0.39, 0.29) is 5.28 Å². The van der Waals surface area contributed by atoms with Crippen molar-refractivity contribution in [1.29, 1.82) is 0 Å². The lowest BCUT2D eigenvalue weighted by atomic mass is 10.2. The highest BCUT2D eigenvalue weighted by atomic mass is 35.5. The first-order valence-corrected chi connectivity index (χ1v) is 7.40. The van der Waals surface area contributed by atoms with Crippen LogP contribution >= 0.6 is 11.6 Å². The van der Waals surface area contributed by atoms with Crippen molar-refractivity contribution in [3.63, 3.8) is 0 Å². The zero-order chi connectivity index (χ0) is 16.2. The predicted octanol–water partition coefficient (Wildman–Crippen LogP) is 4.02. The van der Waals surface area contributed by atoms with E-state index < -0.39 is 0 Å². The summed E-state index contributed by atoms with van der Waals surface area (Å²) in [5, 5.41) is 6.65. The largest absolute Gasteiger partial charge is 0.340 e. The minimum atomic E-state index is 0.227. The van der Waals surface area contributed by atoms with Crippen LogP contribution in [-0.2, 0) is 0 Å². The molecule has 2 N–H and O–H groups in total. The molecule has 3 rings (SSSR count). The van der Waals surface area contributed by atoms with E-state index in [0.29, 0.717) is 5.82 Å². The topological polar surface area (TPSA) is 75.6 Å². The van der Waals surface area contributed by atoms with Gasteiger partial charge in [-0.2, -0.15) is 0 Å². The summed E-state index contributed by atoms with van der Waals surface area (Å²) in [7, 11) is 0. The summed E-state index contributed by atoms with van der Waals surface area (Å²) in [5.41, 5.74) is 3.57. The molecule has 0 aliphatic carbocycles. The van der Waals surface area contributed by atoms with E-state index in [1.807, 2.05) is 50.2 Å². The molecule has 116 valence electrons. The maximum Gasteiger partial charge on any atom is 0.224 e. The maximum absolute atomic E-state index is 5.86. The zero-order valence-corrected chi connectivity index (χ0v) is 13.5. The number of nitrogens with one attached hydrogen (secondary N) is 2. The Hall–Kier alpha value is -2.73. The molecule has 0 saturated heterocycles. The van der Waals surface area contributed by atoms with Gasteiger partial charge in [0.15, 0.2) is 0 Å².